The van der Waals surface area contributed by atoms with E-state index in [0.717, 1.165) is 35.9 Å². The third-order valence-electron chi connectivity index (χ3n) is 5.45. The molecule has 2 saturated heterocycles. The monoisotopic (exact) mass is 354 g/mol. The van der Waals surface area contributed by atoms with Gasteiger partial charge in [0.2, 0.25) is 0 Å². The van der Waals surface area contributed by atoms with E-state index in [4.69, 9.17) is 14.8 Å². The molecule has 25 heavy (non-hydrogen) atoms. The molecular weight excluding hydrogens is 336 g/mol. The van der Waals surface area contributed by atoms with Gasteiger partial charge in [-0.1, -0.05) is 24.3 Å². The molecule has 0 aliphatic carbocycles. The molecule has 4 unspecified atom stereocenters. The van der Waals surface area contributed by atoms with Crippen LogP contribution in [-0.4, -0.2) is 46.3 Å². The predicted octanol–water partition coefficient (Wildman–Crippen LogP) is 2.89. The van der Waals surface area contributed by atoms with Gasteiger partial charge in [-0.2, -0.15) is 0 Å². The lowest BCUT2D eigenvalue weighted by atomic mass is 9.86. The van der Waals surface area contributed by atoms with Crippen LogP contribution < -0.4 is 0 Å². The third-order valence-corrected chi connectivity index (χ3v) is 6.39. The second-order valence-corrected chi connectivity index (χ2v) is 7.86. The lowest BCUT2D eigenvalue weighted by Gasteiger charge is -2.17. The number of rotatable bonds is 4. The Kier molecular flexibility index (Phi) is 3.51. The van der Waals surface area contributed by atoms with Gasteiger partial charge in [-0.15, -0.1) is 11.3 Å². The van der Waals surface area contributed by atoms with Crippen molar-refractivity contribution >= 4 is 17.3 Å². The molecule has 6 heteroatoms. The topological polar surface area (TPSA) is 62.7 Å². The largest absolute Gasteiger partial charge is 0.478 e. The fourth-order valence-electron chi connectivity index (χ4n) is 4.24. The lowest BCUT2D eigenvalue weighted by molar-refractivity contribution is 0.0697. The van der Waals surface area contributed by atoms with E-state index in [-0.39, 0.29) is 0 Å². The molecule has 0 spiro atoms. The zero-order chi connectivity index (χ0) is 17.0. The van der Waals surface area contributed by atoms with Gasteiger partial charge >= 0.3 is 5.97 Å². The number of thiazole rings is 1. The first-order valence-electron chi connectivity index (χ1n) is 8.51. The molecule has 5 nitrogen and oxygen atoms in total. The summed E-state index contributed by atoms with van der Waals surface area (Å²) in [7, 11) is 0. The number of hydrogen-bond donors (Lipinski definition) is 1. The highest BCUT2D eigenvalue weighted by Crippen LogP contribution is 2.43. The molecule has 1 N–H and O–H groups in total. The Labute approximate surface area is 149 Å². The van der Waals surface area contributed by atoms with Crippen molar-refractivity contribution < 1.29 is 14.6 Å². The number of aromatic nitrogens is 1. The minimum Gasteiger partial charge on any atom is -0.478 e. The standard InChI is InChI=1S/C19H18N2O3S/c22-19(23)12-3-1-11(2-4-12)18-20-13(10-25-18)7-21-8-14-15(9-21)17-6-5-16(14)24-17/h1-6,10,14-17H,7-9H2,(H,22,23). The number of aromatic carboxylic acids is 1. The first kappa shape index (κ1) is 15.3. The zero-order valence-corrected chi connectivity index (χ0v) is 14.4. The van der Waals surface area contributed by atoms with E-state index in [9.17, 15) is 4.79 Å². The number of ether oxygens (including phenoxy) is 1. The Hall–Kier alpha value is -2.02. The van der Waals surface area contributed by atoms with E-state index < -0.39 is 5.97 Å². The quantitative estimate of drug-likeness (QED) is 0.856. The number of hydrogen-bond acceptors (Lipinski definition) is 5. The summed E-state index contributed by atoms with van der Waals surface area (Å²) in [5, 5.41) is 12.0. The maximum absolute atomic E-state index is 10.9. The molecule has 1 aromatic carbocycles. The molecule has 0 radical (unpaired) electrons. The van der Waals surface area contributed by atoms with E-state index in [1.54, 1.807) is 23.5 Å². The molecule has 4 atom stereocenters. The van der Waals surface area contributed by atoms with Gasteiger partial charge in [-0.05, 0) is 12.1 Å². The first-order valence-corrected chi connectivity index (χ1v) is 9.39. The molecule has 2 aromatic rings. The Morgan fingerprint density at radius 2 is 1.88 bits per heavy atom. The molecule has 0 amide bonds. The number of carboxylic acid groups (broad SMARTS) is 1. The normalized spacial score (nSPS) is 30.1. The minimum atomic E-state index is -0.904. The summed E-state index contributed by atoms with van der Waals surface area (Å²) in [6.45, 7) is 3.03. The van der Waals surface area contributed by atoms with Gasteiger partial charge in [0.1, 0.15) is 5.01 Å². The average molecular weight is 354 g/mol. The molecule has 3 aliphatic rings. The van der Waals surface area contributed by atoms with Crippen molar-refractivity contribution in [3.63, 3.8) is 0 Å². The van der Waals surface area contributed by atoms with Crippen molar-refractivity contribution in [3.05, 3.63) is 53.1 Å². The van der Waals surface area contributed by atoms with Crippen LogP contribution in [0, 0.1) is 11.8 Å². The summed E-state index contributed by atoms with van der Waals surface area (Å²) in [6.07, 6.45) is 5.08. The van der Waals surface area contributed by atoms with Crippen molar-refractivity contribution in [2.75, 3.05) is 13.1 Å². The van der Waals surface area contributed by atoms with Crippen molar-refractivity contribution in [1.29, 1.82) is 0 Å². The molecule has 2 fully saturated rings. The Bertz CT molecular complexity index is 825. The summed E-state index contributed by atoms with van der Waals surface area (Å²) in [6, 6.07) is 6.91. The maximum atomic E-state index is 10.9. The number of carbonyl (C=O) groups is 1. The van der Waals surface area contributed by atoms with Gasteiger partial charge < -0.3 is 9.84 Å². The smallest absolute Gasteiger partial charge is 0.335 e. The zero-order valence-electron chi connectivity index (χ0n) is 13.5. The van der Waals surface area contributed by atoms with E-state index in [0.29, 0.717) is 29.6 Å². The molecule has 4 heterocycles. The summed E-state index contributed by atoms with van der Waals surface area (Å²) >= 11 is 1.61. The van der Waals surface area contributed by atoms with Crippen LogP contribution in [0.4, 0.5) is 0 Å². The molecule has 5 rings (SSSR count). The van der Waals surface area contributed by atoms with Crippen molar-refractivity contribution in [1.82, 2.24) is 9.88 Å². The van der Waals surface area contributed by atoms with Crippen molar-refractivity contribution in [2.24, 2.45) is 11.8 Å². The van der Waals surface area contributed by atoms with Gasteiger partial charge in [0, 0.05) is 42.4 Å². The predicted molar refractivity (Wildman–Crippen MR) is 94.6 cm³/mol. The summed E-state index contributed by atoms with van der Waals surface area (Å²) in [5.74, 6) is 0.367. The Morgan fingerprint density at radius 1 is 1.20 bits per heavy atom. The lowest BCUT2D eigenvalue weighted by Crippen LogP contribution is -2.24. The van der Waals surface area contributed by atoms with Crippen LogP contribution >= 0.6 is 11.3 Å². The second kappa shape index (κ2) is 5.76. The number of carboxylic acids is 1. The van der Waals surface area contributed by atoms with E-state index in [1.807, 2.05) is 12.1 Å². The van der Waals surface area contributed by atoms with E-state index in [1.165, 1.54) is 0 Å². The first-order chi connectivity index (χ1) is 12.2. The van der Waals surface area contributed by atoms with Crippen LogP contribution in [0.1, 0.15) is 16.1 Å². The molecule has 1 aromatic heterocycles. The second-order valence-electron chi connectivity index (χ2n) is 7.00. The summed E-state index contributed by atoms with van der Waals surface area (Å²) in [4.78, 5) is 18.2. The SMILES string of the molecule is O=C(O)c1ccc(-c2nc(CN3CC4C5C=CC(O5)C4C3)cs2)cc1. The molecule has 3 aliphatic heterocycles. The van der Waals surface area contributed by atoms with Crippen molar-refractivity contribution in [3.8, 4) is 10.6 Å². The average Bonchev–Trinajstić information content (AvgIpc) is 3.37. The highest BCUT2D eigenvalue weighted by atomic mass is 32.1. The van der Waals surface area contributed by atoms with Crippen LogP contribution in [-0.2, 0) is 11.3 Å². The summed E-state index contributed by atoms with van der Waals surface area (Å²) < 4.78 is 5.93. The van der Waals surface area contributed by atoms with E-state index in [2.05, 4.69) is 22.4 Å². The van der Waals surface area contributed by atoms with Gasteiger partial charge in [0.25, 0.3) is 0 Å². The number of likely N-dealkylation sites (tertiary alicyclic amines) is 1. The molecule has 0 saturated carbocycles. The highest BCUT2D eigenvalue weighted by molar-refractivity contribution is 7.13. The maximum Gasteiger partial charge on any atom is 0.335 e. The van der Waals surface area contributed by atoms with Gasteiger partial charge in [0.05, 0.1) is 23.5 Å². The molecular formula is C19H18N2O3S. The fraction of sp³-hybridized carbons (Fsp3) is 0.368. The number of benzene rings is 1. The van der Waals surface area contributed by atoms with Crippen LogP contribution in [0.15, 0.2) is 41.8 Å². The Morgan fingerprint density at radius 3 is 2.52 bits per heavy atom. The summed E-state index contributed by atoms with van der Waals surface area (Å²) in [5.41, 5.74) is 2.35. The minimum absolute atomic E-state index is 0.301. The highest BCUT2D eigenvalue weighted by Gasteiger charge is 2.50. The van der Waals surface area contributed by atoms with Gasteiger partial charge in [-0.25, -0.2) is 9.78 Å². The van der Waals surface area contributed by atoms with Crippen LogP contribution in [0.3, 0.4) is 0 Å². The fourth-order valence-corrected chi connectivity index (χ4v) is 5.06. The van der Waals surface area contributed by atoms with Crippen LogP contribution in [0.2, 0.25) is 0 Å². The van der Waals surface area contributed by atoms with Gasteiger partial charge in [0.15, 0.2) is 0 Å². The van der Waals surface area contributed by atoms with Gasteiger partial charge in [-0.3, -0.25) is 4.90 Å². The van der Waals surface area contributed by atoms with E-state index >= 15 is 0 Å². The van der Waals surface area contributed by atoms with Crippen LogP contribution in [0.5, 0.6) is 0 Å². The van der Waals surface area contributed by atoms with Crippen molar-refractivity contribution in [2.45, 2.75) is 18.8 Å². The number of nitrogens with zero attached hydrogens (tertiary/aromatic N) is 2. The third kappa shape index (κ3) is 2.61. The Balaban J connectivity index is 1.27. The number of fused-ring (bicyclic) bond motifs is 5. The molecule has 2 bridgehead atoms. The van der Waals surface area contributed by atoms with Crippen LogP contribution in [0.25, 0.3) is 10.6 Å². The molecule has 128 valence electrons.